The highest BCUT2D eigenvalue weighted by atomic mass is 16.7. The molecular weight excluding hydrogens is 462 g/mol. The second-order valence-corrected chi connectivity index (χ2v) is 12.3. The van der Waals surface area contributed by atoms with E-state index < -0.39 is 48.6 Å². The number of rotatable bonds is 6. The van der Waals surface area contributed by atoms with Crippen molar-refractivity contribution in [1.29, 1.82) is 0 Å². The lowest BCUT2D eigenvalue weighted by Gasteiger charge is -2.59. The number of allylic oxidation sites excluding steroid dienone is 3. The standard InChI is InChI=1S/C28H43NO7/c1-6-26(3)11-9-18-17(13-26)7-8-20-27(18,4)12-10-21(32)28(20,5)15-35-25-22(29-16(2)31)24(34)23(33)19(14-30)36-25/h6-7,18-20,22-25,30,33-34H,1,8-15H2,2-5H3,(H,29,31). The number of aliphatic hydroxyl groups excluding tert-OH is 3. The number of carbonyl (C=O) groups excluding carboxylic acids is 2. The smallest absolute Gasteiger partial charge is 0.217 e. The Labute approximate surface area is 214 Å². The number of fused-ring (bicyclic) bond motifs is 3. The Hall–Kier alpha value is -1.58. The number of Topliss-reactive ketones (excluding diaryl/α,β-unsaturated/α-hetero) is 1. The maximum absolute atomic E-state index is 13.4. The Morgan fingerprint density at radius 1 is 1.28 bits per heavy atom. The van der Waals surface area contributed by atoms with Gasteiger partial charge in [0, 0.05) is 13.3 Å². The molecule has 0 aromatic carbocycles. The molecule has 1 heterocycles. The second-order valence-electron chi connectivity index (χ2n) is 12.3. The van der Waals surface area contributed by atoms with Crippen LogP contribution in [0.3, 0.4) is 0 Å². The van der Waals surface area contributed by atoms with Crippen LogP contribution in [-0.4, -0.2) is 70.9 Å². The molecule has 4 rings (SSSR count). The van der Waals surface area contributed by atoms with Crippen LogP contribution in [0.25, 0.3) is 0 Å². The van der Waals surface area contributed by atoms with Crippen molar-refractivity contribution < 1.29 is 34.4 Å². The third-order valence-corrected chi connectivity index (χ3v) is 9.86. The van der Waals surface area contributed by atoms with Gasteiger partial charge in [-0.2, -0.15) is 0 Å². The number of nitrogens with one attached hydrogen (secondary N) is 1. The van der Waals surface area contributed by atoms with Crippen molar-refractivity contribution in [2.24, 2.45) is 28.1 Å². The molecule has 2 saturated carbocycles. The number of hydrogen-bond acceptors (Lipinski definition) is 7. The van der Waals surface area contributed by atoms with Crippen LogP contribution in [0.5, 0.6) is 0 Å². The van der Waals surface area contributed by atoms with Crippen molar-refractivity contribution in [3.05, 3.63) is 24.3 Å². The monoisotopic (exact) mass is 505 g/mol. The Kier molecular flexibility index (Phi) is 7.59. The maximum atomic E-state index is 13.4. The van der Waals surface area contributed by atoms with Gasteiger partial charge in [0.15, 0.2) is 6.29 Å². The number of ketones is 1. The summed E-state index contributed by atoms with van der Waals surface area (Å²) in [6, 6.07) is -1.03. The number of carbonyl (C=O) groups is 2. The minimum absolute atomic E-state index is 0.0353. The summed E-state index contributed by atoms with van der Waals surface area (Å²) in [6.45, 7) is 11.5. The van der Waals surface area contributed by atoms with Crippen molar-refractivity contribution in [3.8, 4) is 0 Å². The molecule has 8 nitrogen and oxygen atoms in total. The molecule has 1 aliphatic heterocycles. The summed E-state index contributed by atoms with van der Waals surface area (Å²) in [5.41, 5.74) is 0.804. The first kappa shape index (κ1) is 27.5. The molecule has 0 radical (unpaired) electrons. The van der Waals surface area contributed by atoms with Crippen LogP contribution < -0.4 is 5.32 Å². The van der Waals surface area contributed by atoms with Gasteiger partial charge in [-0.3, -0.25) is 9.59 Å². The van der Waals surface area contributed by atoms with E-state index >= 15 is 0 Å². The zero-order valence-corrected chi connectivity index (χ0v) is 22.0. The molecule has 1 saturated heterocycles. The molecule has 3 fully saturated rings. The SMILES string of the molecule is C=CC1(C)CCC2C(=CCC3C(C)(COC4OC(CO)C(O)C(O)C4NC(C)=O)C(=O)CCC23C)C1. The maximum Gasteiger partial charge on any atom is 0.217 e. The van der Waals surface area contributed by atoms with Gasteiger partial charge in [0.25, 0.3) is 0 Å². The molecule has 10 unspecified atom stereocenters. The normalized spacial score (nSPS) is 46.8. The minimum atomic E-state index is -1.38. The molecule has 36 heavy (non-hydrogen) atoms. The van der Waals surface area contributed by atoms with Crippen molar-refractivity contribution in [2.45, 2.75) is 96.9 Å². The van der Waals surface area contributed by atoms with E-state index in [0.29, 0.717) is 12.3 Å². The third kappa shape index (κ3) is 4.60. The fraction of sp³-hybridized carbons (Fsp3) is 0.786. The minimum Gasteiger partial charge on any atom is -0.394 e. The van der Waals surface area contributed by atoms with Gasteiger partial charge >= 0.3 is 0 Å². The van der Waals surface area contributed by atoms with Gasteiger partial charge in [-0.1, -0.05) is 38.5 Å². The zero-order chi connectivity index (χ0) is 26.5. The summed E-state index contributed by atoms with van der Waals surface area (Å²) in [5, 5.41) is 33.1. The van der Waals surface area contributed by atoms with Gasteiger partial charge in [0.1, 0.15) is 30.1 Å². The van der Waals surface area contributed by atoms with Gasteiger partial charge < -0.3 is 30.1 Å². The Balaban J connectivity index is 1.57. The zero-order valence-electron chi connectivity index (χ0n) is 22.0. The second kappa shape index (κ2) is 9.95. The largest absolute Gasteiger partial charge is 0.394 e. The third-order valence-electron chi connectivity index (χ3n) is 9.86. The molecule has 8 heteroatoms. The summed E-state index contributed by atoms with van der Waals surface area (Å²) < 4.78 is 11.9. The fourth-order valence-electron chi connectivity index (χ4n) is 7.51. The van der Waals surface area contributed by atoms with Gasteiger partial charge in [-0.05, 0) is 54.8 Å². The summed E-state index contributed by atoms with van der Waals surface area (Å²) in [4.78, 5) is 25.2. The lowest BCUT2D eigenvalue weighted by Crippen LogP contribution is -2.65. The summed E-state index contributed by atoms with van der Waals surface area (Å²) in [6.07, 6.45) is 4.80. The van der Waals surface area contributed by atoms with E-state index in [1.165, 1.54) is 12.5 Å². The van der Waals surface area contributed by atoms with Crippen molar-refractivity contribution in [1.82, 2.24) is 5.32 Å². The molecule has 0 spiro atoms. The topological polar surface area (TPSA) is 125 Å². The molecule has 10 atom stereocenters. The number of ether oxygens (including phenoxy) is 2. The van der Waals surface area contributed by atoms with Crippen molar-refractivity contribution in [3.63, 3.8) is 0 Å². The highest BCUT2D eigenvalue weighted by molar-refractivity contribution is 5.86. The van der Waals surface area contributed by atoms with E-state index in [-0.39, 0.29) is 29.1 Å². The summed E-state index contributed by atoms with van der Waals surface area (Å²) >= 11 is 0. The van der Waals surface area contributed by atoms with Crippen LogP contribution in [0.2, 0.25) is 0 Å². The predicted octanol–water partition coefficient (Wildman–Crippen LogP) is 2.26. The molecule has 0 aromatic heterocycles. The van der Waals surface area contributed by atoms with Gasteiger partial charge in [0.05, 0.1) is 18.6 Å². The van der Waals surface area contributed by atoms with E-state index in [9.17, 15) is 24.9 Å². The Morgan fingerprint density at radius 3 is 2.64 bits per heavy atom. The van der Waals surface area contributed by atoms with E-state index in [1.54, 1.807) is 0 Å². The lowest BCUT2D eigenvalue weighted by atomic mass is 9.45. The molecule has 202 valence electrons. The fourth-order valence-corrected chi connectivity index (χ4v) is 7.51. The van der Waals surface area contributed by atoms with Crippen molar-refractivity contribution in [2.75, 3.05) is 13.2 Å². The van der Waals surface area contributed by atoms with Gasteiger partial charge in [0.2, 0.25) is 5.91 Å². The van der Waals surface area contributed by atoms with Crippen LogP contribution in [-0.2, 0) is 19.1 Å². The van der Waals surface area contributed by atoms with Crippen LogP contribution >= 0.6 is 0 Å². The summed E-state index contributed by atoms with van der Waals surface area (Å²) in [5.74, 6) is 0.248. The number of amides is 1. The summed E-state index contributed by atoms with van der Waals surface area (Å²) in [7, 11) is 0. The lowest BCUT2D eigenvalue weighted by molar-refractivity contribution is -0.278. The quantitative estimate of drug-likeness (QED) is 0.408. The number of aliphatic hydroxyl groups is 3. The van der Waals surface area contributed by atoms with E-state index in [4.69, 9.17) is 9.47 Å². The predicted molar refractivity (Wildman–Crippen MR) is 134 cm³/mol. The average molecular weight is 506 g/mol. The first-order chi connectivity index (χ1) is 16.9. The molecule has 4 N–H and O–H groups in total. The van der Waals surface area contributed by atoms with E-state index in [0.717, 1.165) is 32.1 Å². The average Bonchev–Trinajstić information content (AvgIpc) is 2.84. The van der Waals surface area contributed by atoms with Crippen LogP contribution in [0.15, 0.2) is 24.3 Å². The Bertz CT molecular complexity index is 920. The molecule has 0 aromatic rings. The highest BCUT2D eigenvalue weighted by Gasteiger charge is 2.59. The molecule has 4 aliphatic rings. The first-order valence-electron chi connectivity index (χ1n) is 13.3. The van der Waals surface area contributed by atoms with Gasteiger partial charge in [-0.25, -0.2) is 0 Å². The highest BCUT2D eigenvalue weighted by Crippen LogP contribution is 2.63. The van der Waals surface area contributed by atoms with E-state index in [1.807, 2.05) is 6.92 Å². The Morgan fingerprint density at radius 2 is 2.00 bits per heavy atom. The first-order valence-corrected chi connectivity index (χ1v) is 13.3. The van der Waals surface area contributed by atoms with E-state index in [2.05, 4.69) is 37.9 Å². The van der Waals surface area contributed by atoms with Gasteiger partial charge in [-0.15, -0.1) is 6.58 Å². The van der Waals surface area contributed by atoms with Crippen LogP contribution in [0.4, 0.5) is 0 Å². The van der Waals surface area contributed by atoms with Crippen LogP contribution in [0, 0.1) is 28.1 Å². The van der Waals surface area contributed by atoms with Crippen LogP contribution in [0.1, 0.15) is 66.2 Å². The number of hydrogen-bond donors (Lipinski definition) is 4. The molecule has 3 aliphatic carbocycles. The van der Waals surface area contributed by atoms with Crippen molar-refractivity contribution >= 4 is 11.7 Å². The molecule has 1 amide bonds. The molecular formula is C28H43NO7. The molecule has 0 bridgehead atoms.